The average Bonchev–Trinajstić information content (AvgIpc) is 3.24. The van der Waals surface area contributed by atoms with Crippen LogP contribution in [0.15, 0.2) is 62.7 Å². The van der Waals surface area contributed by atoms with Crippen molar-refractivity contribution in [3.8, 4) is 11.4 Å². The molecule has 0 saturated heterocycles. The molecule has 7 heteroatoms. The minimum atomic E-state index is -0.277. The van der Waals surface area contributed by atoms with Gasteiger partial charge in [0.25, 0.3) is 5.91 Å². The number of amides is 1. The molecule has 2 aromatic heterocycles. The lowest BCUT2D eigenvalue weighted by Gasteiger charge is -2.17. The fourth-order valence-corrected chi connectivity index (χ4v) is 2.57. The number of benzene rings is 1. The van der Waals surface area contributed by atoms with Gasteiger partial charge in [-0.15, -0.1) is 6.58 Å². The minimum absolute atomic E-state index is 0.169. The van der Waals surface area contributed by atoms with Crippen molar-refractivity contribution in [1.82, 2.24) is 15.0 Å². The molecule has 1 aromatic carbocycles. The van der Waals surface area contributed by atoms with Crippen molar-refractivity contribution in [2.75, 3.05) is 6.54 Å². The first-order valence-corrected chi connectivity index (χ1v) is 8.41. The number of rotatable bonds is 6. The maximum atomic E-state index is 12.5. The van der Waals surface area contributed by atoms with Crippen molar-refractivity contribution in [3.63, 3.8) is 0 Å². The van der Waals surface area contributed by atoms with E-state index < -0.39 is 0 Å². The Kier molecular flexibility index (Phi) is 5.14. The van der Waals surface area contributed by atoms with Crippen molar-refractivity contribution in [3.05, 3.63) is 70.9 Å². The molecule has 25 heavy (non-hydrogen) atoms. The van der Waals surface area contributed by atoms with Gasteiger partial charge in [-0.2, -0.15) is 4.98 Å². The Balaban J connectivity index is 1.77. The minimum Gasteiger partial charge on any atom is -0.444 e. The number of halogens is 1. The quantitative estimate of drug-likeness (QED) is 0.577. The molecule has 0 bridgehead atoms. The van der Waals surface area contributed by atoms with Crippen LogP contribution < -0.4 is 0 Å². The number of hydrogen-bond donors (Lipinski definition) is 0. The van der Waals surface area contributed by atoms with Crippen molar-refractivity contribution < 1.29 is 13.7 Å². The van der Waals surface area contributed by atoms with Crippen LogP contribution in [0.4, 0.5) is 0 Å². The summed E-state index contributed by atoms with van der Waals surface area (Å²) in [6, 6.07) is 11.1. The van der Waals surface area contributed by atoms with Gasteiger partial charge in [-0.25, -0.2) is 0 Å². The predicted molar refractivity (Wildman–Crippen MR) is 95.8 cm³/mol. The third-order valence-corrected chi connectivity index (χ3v) is 3.95. The second-order valence-corrected chi connectivity index (χ2v) is 6.24. The molecule has 0 spiro atoms. The molecule has 6 nitrogen and oxygen atoms in total. The van der Waals surface area contributed by atoms with Gasteiger partial charge in [0.1, 0.15) is 6.54 Å². The number of furan rings is 1. The second kappa shape index (κ2) is 7.48. The van der Waals surface area contributed by atoms with Crippen LogP contribution in [0.2, 0.25) is 0 Å². The van der Waals surface area contributed by atoms with E-state index in [0.717, 1.165) is 11.1 Å². The highest BCUT2D eigenvalue weighted by molar-refractivity contribution is 9.10. The van der Waals surface area contributed by atoms with Gasteiger partial charge in [-0.05, 0) is 35.0 Å². The van der Waals surface area contributed by atoms with E-state index >= 15 is 0 Å². The van der Waals surface area contributed by atoms with E-state index in [1.807, 2.05) is 31.2 Å². The Morgan fingerprint density at radius 1 is 1.28 bits per heavy atom. The fraction of sp³-hybridized carbons (Fsp3) is 0.167. The van der Waals surface area contributed by atoms with Crippen LogP contribution in [0.25, 0.3) is 11.4 Å². The molecule has 0 aliphatic carbocycles. The van der Waals surface area contributed by atoms with Gasteiger partial charge in [0.15, 0.2) is 10.4 Å². The summed E-state index contributed by atoms with van der Waals surface area (Å²) in [5, 5.41) is 3.98. The Hall–Kier alpha value is -2.67. The van der Waals surface area contributed by atoms with Crippen molar-refractivity contribution in [1.29, 1.82) is 0 Å². The first-order chi connectivity index (χ1) is 12.1. The highest BCUT2D eigenvalue weighted by Crippen LogP contribution is 2.19. The highest BCUT2D eigenvalue weighted by Gasteiger charge is 2.21. The lowest BCUT2D eigenvalue weighted by molar-refractivity contribution is 0.0712. The molecule has 0 fully saturated rings. The summed E-state index contributed by atoms with van der Waals surface area (Å²) in [4.78, 5) is 18.4. The number of aromatic nitrogens is 2. The molecule has 0 atom stereocenters. The molecule has 0 N–H and O–H groups in total. The van der Waals surface area contributed by atoms with Crippen LogP contribution in [0.5, 0.6) is 0 Å². The summed E-state index contributed by atoms with van der Waals surface area (Å²) in [5.41, 5.74) is 2.01. The number of aryl methyl sites for hydroxylation is 1. The molecule has 0 radical (unpaired) electrons. The third kappa shape index (κ3) is 4.06. The average molecular weight is 402 g/mol. The van der Waals surface area contributed by atoms with Gasteiger partial charge in [-0.1, -0.05) is 41.1 Å². The number of nitrogens with zero attached hydrogens (tertiary/aromatic N) is 3. The molecule has 0 saturated carbocycles. The molecule has 3 rings (SSSR count). The van der Waals surface area contributed by atoms with E-state index in [1.165, 1.54) is 4.90 Å². The van der Waals surface area contributed by atoms with Crippen molar-refractivity contribution in [2.24, 2.45) is 0 Å². The standard InChI is InChI=1S/C18H16BrN3O3/c1-3-10-22(18(23)14-8-9-15(19)24-14)11-16-20-17(21-25-16)13-6-4-12(2)5-7-13/h3-9H,1,10-11H2,2H3. The van der Waals surface area contributed by atoms with E-state index in [9.17, 15) is 4.79 Å². The molecule has 0 aliphatic rings. The fourth-order valence-electron chi connectivity index (χ4n) is 2.26. The Morgan fingerprint density at radius 2 is 2.04 bits per heavy atom. The highest BCUT2D eigenvalue weighted by atomic mass is 79.9. The summed E-state index contributed by atoms with van der Waals surface area (Å²) in [6.07, 6.45) is 1.63. The lowest BCUT2D eigenvalue weighted by Crippen LogP contribution is -2.30. The first-order valence-electron chi connectivity index (χ1n) is 7.62. The van der Waals surface area contributed by atoms with E-state index in [2.05, 4.69) is 32.6 Å². The maximum absolute atomic E-state index is 12.5. The van der Waals surface area contributed by atoms with Gasteiger partial charge in [0, 0.05) is 12.1 Å². The molecule has 3 aromatic rings. The summed E-state index contributed by atoms with van der Waals surface area (Å²) in [7, 11) is 0. The summed E-state index contributed by atoms with van der Waals surface area (Å²) < 4.78 is 11.1. The zero-order valence-electron chi connectivity index (χ0n) is 13.6. The van der Waals surface area contributed by atoms with Gasteiger partial charge in [0.2, 0.25) is 11.7 Å². The Morgan fingerprint density at radius 3 is 2.68 bits per heavy atom. The van der Waals surface area contributed by atoms with Crippen molar-refractivity contribution >= 4 is 21.8 Å². The normalized spacial score (nSPS) is 10.6. The molecular formula is C18H16BrN3O3. The number of carbonyl (C=O) groups is 1. The topological polar surface area (TPSA) is 72.4 Å². The predicted octanol–water partition coefficient (Wildman–Crippen LogP) is 4.23. The van der Waals surface area contributed by atoms with Crippen LogP contribution >= 0.6 is 15.9 Å². The van der Waals surface area contributed by atoms with Gasteiger partial charge in [-0.3, -0.25) is 4.79 Å². The Bertz CT molecular complexity index is 883. The summed E-state index contributed by atoms with van der Waals surface area (Å²) in [6.45, 7) is 6.20. The van der Waals surface area contributed by atoms with Gasteiger partial charge < -0.3 is 13.8 Å². The largest absolute Gasteiger partial charge is 0.444 e. The van der Waals surface area contributed by atoms with E-state index in [4.69, 9.17) is 8.94 Å². The Labute approximate surface area is 153 Å². The van der Waals surface area contributed by atoms with Crippen LogP contribution in [0.3, 0.4) is 0 Å². The zero-order chi connectivity index (χ0) is 17.8. The monoisotopic (exact) mass is 401 g/mol. The molecule has 128 valence electrons. The van der Waals surface area contributed by atoms with Gasteiger partial charge in [0.05, 0.1) is 0 Å². The van der Waals surface area contributed by atoms with E-state index in [1.54, 1.807) is 18.2 Å². The van der Waals surface area contributed by atoms with Crippen LogP contribution in [0.1, 0.15) is 22.0 Å². The van der Waals surface area contributed by atoms with E-state index in [0.29, 0.717) is 22.9 Å². The molecule has 2 heterocycles. The summed E-state index contributed by atoms with van der Waals surface area (Å²) >= 11 is 3.19. The lowest BCUT2D eigenvalue weighted by atomic mass is 10.1. The second-order valence-electron chi connectivity index (χ2n) is 5.46. The zero-order valence-corrected chi connectivity index (χ0v) is 15.2. The number of carbonyl (C=O) groups excluding carboxylic acids is 1. The van der Waals surface area contributed by atoms with Crippen LogP contribution in [0, 0.1) is 6.92 Å². The van der Waals surface area contributed by atoms with Crippen LogP contribution in [-0.2, 0) is 6.54 Å². The summed E-state index contributed by atoms with van der Waals surface area (Å²) in [5.74, 6) is 0.783. The first kappa shape index (κ1) is 17.2. The molecule has 0 unspecified atom stereocenters. The maximum Gasteiger partial charge on any atom is 0.290 e. The SMILES string of the molecule is C=CCN(Cc1nc(-c2ccc(C)cc2)no1)C(=O)c1ccc(Br)o1. The van der Waals surface area contributed by atoms with E-state index in [-0.39, 0.29) is 18.2 Å². The van der Waals surface area contributed by atoms with Crippen LogP contribution in [-0.4, -0.2) is 27.5 Å². The molecule has 1 amide bonds. The molecular weight excluding hydrogens is 386 g/mol. The number of hydrogen-bond acceptors (Lipinski definition) is 5. The third-order valence-electron chi connectivity index (χ3n) is 3.52. The molecule has 0 aliphatic heterocycles. The van der Waals surface area contributed by atoms with Gasteiger partial charge >= 0.3 is 0 Å². The smallest absolute Gasteiger partial charge is 0.290 e. The van der Waals surface area contributed by atoms with Crippen molar-refractivity contribution in [2.45, 2.75) is 13.5 Å².